The van der Waals surface area contributed by atoms with Crippen molar-refractivity contribution in [1.29, 1.82) is 0 Å². The van der Waals surface area contributed by atoms with Gasteiger partial charge in [0.1, 0.15) is 5.69 Å². The van der Waals surface area contributed by atoms with E-state index in [1.807, 2.05) is 29.4 Å². The van der Waals surface area contributed by atoms with Crippen LogP contribution in [-0.2, 0) is 0 Å². The zero-order valence-electron chi connectivity index (χ0n) is 18.1. The Morgan fingerprint density at radius 1 is 0.906 bits per heavy atom. The number of pyridine rings is 1. The Bertz CT molecular complexity index is 1050. The highest BCUT2D eigenvalue weighted by molar-refractivity contribution is 5.92. The van der Waals surface area contributed by atoms with E-state index < -0.39 is 0 Å². The molecule has 5 heterocycles. The normalized spacial score (nSPS) is 19.1. The maximum absolute atomic E-state index is 13.0. The van der Waals surface area contributed by atoms with Gasteiger partial charge in [-0.2, -0.15) is 0 Å². The number of hydrogen-bond acceptors (Lipinski definition) is 7. The van der Waals surface area contributed by atoms with E-state index in [0.29, 0.717) is 12.2 Å². The van der Waals surface area contributed by atoms with Crippen molar-refractivity contribution >= 4 is 11.9 Å². The number of nitrogens with zero attached hydrogens (tertiary/aromatic N) is 7. The number of hydrogen-bond donors (Lipinski definition) is 0. The Labute approximate surface area is 187 Å². The van der Waals surface area contributed by atoms with Gasteiger partial charge in [0.05, 0.1) is 11.9 Å². The molecule has 0 aromatic carbocycles. The number of carbonyl (C=O) groups is 1. The average Bonchev–Trinajstić information content (AvgIpc) is 2.89. The molecule has 32 heavy (non-hydrogen) atoms. The zero-order valence-corrected chi connectivity index (χ0v) is 18.1. The number of amides is 1. The van der Waals surface area contributed by atoms with Gasteiger partial charge >= 0.3 is 0 Å². The topological polar surface area (TPSA) is 88.0 Å². The molecule has 3 aromatic rings. The summed E-state index contributed by atoms with van der Waals surface area (Å²) in [4.78, 5) is 39.5. The smallest absolute Gasteiger partial charge is 0.274 e. The summed E-state index contributed by atoms with van der Waals surface area (Å²) in [7, 11) is 0. The fraction of sp³-hybridized carbons (Fsp3) is 0.417. The lowest BCUT2D eigenvalue weighted by molar-refractivity contribution is 0.0699. The SMILES string of the molecule is O=C(c1cnccn1)N1CCCC(c2nc(N3CCCCC3)ncc2-c2cccnc2)C1. The van der Waals surface area contributed by atoms with Crippen molar-refractivity contribution in [3.8, 4) is 11.1 Å². The Morgan fingerprint density at radius 3 is 2.56 bits per heavy atom. The van der Waals surface area contributed by atoms with Crippen molar-refractivity contribution in [2.24, 2.45) is 0 Å². The Hall–Kier alpha value is -3.42. The molecule has 5 rings (SSSR count). The summed E-state index contributed by atoms with van der Waals surface area (Å²) < 4.78 is 0. The highest BCUT2D eigenvalue weighted by Crippen LogP contribution is 2.34. The predicted molar refractivity (Wildman–Crippen MR) is 121 cm³/mol. The zero-order chi connectivity index (χ0) is 21.8. The molecule has 0 saturated carbocycles. The molecule has 3 aromatic heterocycles. The molecule has 0 radical (unpaired) electrons. The molecule has 0 aliphatic carbocycles. The Morgan fingerprint density at radius 2 is 1.78 bits per heavy atom. The number of rotatable bonds is 4. The first-order valence-electron chi connectivity index (χ1n) is 11.4. The first-order chi connectivity index (χ1) is 15.8. The molecule has 0 bridgehead atoms. The lowest BCUT2D eigenvalue weighted by atomic mass is 9.90. The standard InChI is InChI=1S/C24H27N7O/c32-23(21-16-26-9-10-27-21)31-13-5-7-19(17-31)22-20(18-6-4-8-25-14-18)15-28-24(29-22)30-11-2-1-3-12-30/h4,6,8-10,14-16,19H,1-3,5,7,11-13,17H2. The molecule has 2 aliphatic rings. The number of likely N-dealkylation sites (tertiary alicyclic amines) is 1. The van der Waals surface area contributed by atoms with E-state index in [9.17, 15) is 4.79 Å². The summed E-state index contributed by atoms with van der Waals surface area (Å²) in [6, 6.07) is 3.98. The van der Waals surface area contributed by atoms with Crippen LogP contribution in [0.1, 0.15) is 54.2 Å². The number of anilines is 1. The van der Waals surface area contributed by atoms with Crippen molar-refractivity contribution in [2.45, 2.75) is 38.0 Å². The summed E-state index contributed by atoms with van der Waals surface area (Å²) in [5, 5.41) is 0. The summed E-state index contributed by atoms with van der Waals surface area (Å²) in [6.07, 6.45) is 15.8. The maximum atomic E-state index is 13.0. The van der Waals surface area contributed by atoms with E-state index in [2.05, 4.69) is 19.9 Å². The highest BCUT2D eigenvalue weighted by Gasteiger charge is 2.30. The van der Waals surface area contributed by atoms with Crippen LogP contribution in [0, 0.1) is 0 Å². The van der Waals surface area contributed by atoms with E-state index in [1.165, 1.54) is 25.5 Å². The van der Waals surface area contributed by atoms with Crippen LogP contribution >= 0.6 is 0 Å². The largest absolute Gasteiger partial charge is 0.341 e. The van der Waals surface area contributed by atoms with Gasteiger partial charge in [0.25, 0.3) is 5.91 Å². The van der Waals surface area contributed by atoms with Crippen molar-refractivity contribution in [3.63, 3.8) is 0 Å². The third-order valence-electron chi connectivity index (χ3n) is 6.29. The molecule has 1 atom stereocenters. The van der Waals surface area contributed by atoms with Crippen molar-refractivity contribution in [3.05, 3.63) is 60.7 Å². The van der Waals surface area contributed by atoms with Crippen molar-refractivity contribution in [1.82, 2.24) is 29.8 Å². The van der Waals surface area contributed by atoms with Crippen molar-refractivity contribution < 1.29 is 4.79 Å². The molecule has 2 fully saturated rings. The van der Waals surface area contributed by atoms with Gasteiger partial charge in [-0.05, 0) is 38.2 Å². The van der Waals surface area contributed by atoms with Crippen LogP contribution < -0.4 is 4.90 Å². The molecule has 2 saturated heterocycles. The van der Waals surface area contributed by atoms with E-state index in [4.69, 9.17) is 9.97 Å². The second-order valence-corrected chi connectivity index (χ2v) is 8.44. The number of piperidine rings is 2. The summed E-state index contributed by atoms with van der Waals surface area (Å²) in [5.74, 6) is 0.854. The van der Waals surface area contributed by atoms with Gasteiger partial charge in [0, 0.05) is 74.2 Å². The van der Waals surface area contributed by atoms with E-state index in [-0.39, 0.29) is 11.8 Å². The van der Waals surface area contributed by atoms with Gasteiger partial charge in [0.2, 0.25) is 5.95 Å². The summed E-state index contributed by atoms with van der Waals surface area (Å²) >= 11 is 0. The molecule has 1 amide bonds. The molecule has 164 valence electrons. The molecule has 0 spiro atoms. The van der Waals surface area contributed by atoms with Crippen LogP contribution in [0.15, 0.2) is 49.3 Å². The molecule has 8 heteroatoms. The minimum absolute atomic E-state index is 0.0731. The second-order valence-electron chi connectivity index (χ2n) is 8.44. The van der Waals surface area contributed by atoms with Gasteiger partial charge < -0.3 is 9.80 Å². The number of aromatic nitrogens is 5. The predicted octanol–water partition coefficient (Wildman–Crippen LogP) is 3.34. The molecular formula is C24H27N7O. The van der Waals surface area contributed by atoms with Crippen LogP contribution in [0.4, 0.5) is 5.95 Å². The van der Waals surface area contributed by atoms with Crippen molar-refractivity contribution in [2.75, 3.05) is 31.1 Å². The lowest BCUT2D eigenvalue weighted by Crippen LogP contribution is -2.40. The van der Waals surface area contributed by atoms with Crippen LogP contribution in [0.25, 0.3) is 11.1 Å². The molecule has 1 unspecified atom stereocenters. The quantitative estimate of drug-likeness (QED) is 0.628. The molecular weight excluding hydrogens is 402 g/mol. The Balaban J connectivity index is 1.47. The molecule has 2 aliphatic heterocycles. The Kier molecular flexibility index (Phi) is 6.00. The van der Waals surface area contributed by atoms with Crippen LogP contribution in [-0.4, -0.2) is 61.9 Å². The highest BCUT2D eigenvalue weighted by atomic mass is 16.2. The van der Waals surface area contributed by atoms with Crippen LogP contribution in [0.3, 0.4) is 0 Å². The summed E-state index contributed by atoms with van der Waals surface area (Å²) in [5.41, 5.74) is 3.39. The lowest BCUT2D eigenvalue weighted by Gasteiger charge is -2.34. The van der Waals surface area contributed by atoms with E-state index in [0.717, 1.165) is 55.2 Å². The average molecular weight is 430 g/mol. The maximum Gasteiger partial charge on any atom is 0.274 e. The third kappa shape index (κ3) is 4.30. The monoisotopic (exact) mass is 429 g/mol. The molecule has 0 N–H and O–H groups in total. The first-order valence-corrected chi connectivity index (χ1v) is 11.4. The minimum atomic E-state index is -0.0731. The fourth-order valence-corrected chi connectivity index (χ4v) is 4.64. The van der Waals surface area contributed by atoms with Gasteiger partial charge in [-0.25, -0.2) is 15.0 Å². The van der Waals surface area contributed by atoms with E-state index >= 15 is 0 Å². The molecule has 8 nitrogen and oxygen atoms in total. The van der Waals surface area contributed by atoms with Gasteiger partial charge in [-0.15, -0.1) is 0 Å². The third-order valence-corrected chi connectivity index (χ3v) is 6.29. The van der Waals surface area contributed by atoms with Gasteiger partial charge in [-0.1, -0.05) is 6.07 Å². The van der Waals surface area contributed by atoms with E-state index in [1.54, 1.807) is 18.6 Å². The minimum Gasteiger partial charge on any atom is -0.341 e. The first kappa shape index (κ1) is 20.5. The van der Waals surface area contributed by atoms with Crippen LogP contribution in [0.2, 0.25) is 0 Å². The summed E-state index contributed by atoms with van der Waals surface area (Å²) in [6.45, 7) is 3.32. The van der Waals surface area contributed by atoms with Crippen LogP contribution in [0.5, 0.6) is 0 Å². The van der Waals surface area contributed by atoms with Gasteiger partial charge in [-0.3, -0.25) is 14.8 Å². The second kappa shape index (κ2) is 9.38. The number of carbonyl (C=O) groups excluding carboxylic acids is 1. The van der Waals surface area contributed by atoms with Gasteiger partial charge in [0.15, 0.2) is 0 Å². The fourth-order valence-electron chi connectivity index (χ4n) is 4.64.